The SMILES string of the molecule is Cc1ccc2c(c1)C(Nc1ccc3ncccc3c1)CC2. The monoisotopic (exact) mass is 274 g/mol. The zero-order chi connectivity index (χ0) is 14.2. The molecule has 4 rings (SSSR count). The molecule has 1 atom stereocenters. The van der Waals surface area contributed by atoms with Gasteiger partial charge in [0.2, 0.25) is 0 Å². The molecule has 2 heteroatoms. The van der Waals surface area contributed by atoms with Crippen molar-refractivity contribution in [1.82, 2.24) is 4.98 Å². The fraction of sp³-hybridized carbons (Fsp3) is 0.211. The van der Waals surface area contributed by atoms with Crippen molar-refractivity contribution in [2.75, 3.05) is 5.32 Å². The van der Waals surface area contributed by atoms with Gasteiger partial charge < -0.3 is 5.32 Å². The first-order valence-corrected chi connectivity index (χ1v) is 7.50. The molecule has 3 aromatic rings. The standard InChI is InChI=1S/C19H18N2/c1-13-4-5-14-6-8-19(17(14)11-13)21-16-7-9-18-15(12-16)3-2-10-20-18/h2-5,7,9-12,19,21H,6,8H2,1H3. The summed E-state index contributed by atoms with van der Waals surface area (Å²) in [5.41, 5.74) is 6.51. The number of nitrogens with zero attached hydrogens (tertiary/aromatic N) is 1. The van der Waals surface area contributed by atoms with E-state index < -0.39 is 0 Å². The summed E-state index contributed by atoms with van der Waals surface area (Å²) in [6, 6.07) is 17.7. The Labute approximate surface area is 124 Å². The van der Waals surface area contributed by atoms with Crippen LogP contribution in [0.4, 0.5) is 5.69 Å². The van der Waals surface area contributed by atoms with Gasteiger partial charge in [0, 0.05) is 17.3 Å². The molecule has 1 unspecified atom stereocenters. The predicted octanol–water partition coefficient (Wildman–Crippen LogP) is 4.64. The molecule has 2 aromatic carbocycles. The van der Waals surface area contributed by atoms with Gasteiger partial charge in [0.15, 0.2) is 0 Å². The number of hydrogen-bond acceptors (Lipinski definition) is 2. The quantitative estimate of drug-likeness (QED) is 0.736. The molecule has 0 amide bonds. The molecule has 0 radical (unpaired) electrons. The lowest BCUT2D eigenvalue weighted by atomic mass is 10.0. The van der Waals surface area contributed by atoms with Crippen LogP contribution in [0.15, 0.2) is 54.7 Å². The highest BCUT2D eigenvalue weighted by molar-refractivity contribution is 5.82. The topological polar surface area (TPSA) is 24.9 Å². The second-order valence-electron chi connectivity index (χ2n) is 5.85. The van der Waals surface area contributed by atoms with Crippen LogP contribution in [0.3, 0.4) is 0 Å². The lowest BCUT2D eigenvalue weighted by Gasteiger charge is -2.16. The molecule has 0 spiro atoms. The fourth-order valence-electron chi connectivity index (χ4n) is 3.24. The average molecular weight is 274 g/mol. The van der Waals surface area contributed by atoms with Crippen molar-refractivity contribution in [3.8, 4) is 0 Å². The molecule has 0 aliphatic heterocycles. The van der Waals surface area contributed by atoms with E-state index in [1.54, 1.807) is 0 Å². The molecule has 1 N–H and O–H groups in total. The van der Waals surface area contributed by atoms with E-state index in [-0.39, 0.29) is 0 Å². The van der Waals surface area contributed by atoms with Crippen LogP contribution in [-0.2, 0) is 6.42 Å². The summed E-state index contributed by atoms with van der Waals surface area (Å²) in [6.07, 6.45) is 4.18. The van der Waals surface area contributed by atoms with Crippen molar-refractivity contribution in [2.45, 2.75) is 25.8 Å². The van der Waals surface area contributed by atoms with Crippen LogP contribution in [-0.4, -0.2) is 4.98 Å². The van der Waals surface area contributed by atoms with Crippen LogP contribution in [0.1, 0.15) is 29.2 Å². The van der Waals surface area contributed by atoms with Gasteiger partial charge >= 0.3 is 0 Å². The molecule has 0 fully saturated rings. The van der Waals surface area contributed by atoms with Crippen molar-refractivity contribution in [3.05, 3.63) is 71.4 Å². The first-order chi connectivity index (χ1) is 10.3. The van der Waals surface area contributed by atoms with Crippen LogP contribution in [0.5, 0.6) is 0 Å². The number of aryl methyl sites for hydroxylation is 2. The summed E-state index contributed by atoms with van der Waals surface area (Å²) in [7, 11) is 0. The van der Waals surface area contributed by atoms with Gasteiger partial charge in [0.25, 0.3) is 0 Å². The highest BCUT2D eigenvalue weighted by Crippen LogP contribution is 2.34. The van der Waals surface area contributed by atoms with Crippen molar-refractivity contribution in [1.29, 1.82) is 0 Å². The van der Waals surface area contributed by atoms with Gasteiger partial charge in [-0.2, -0.15) is 0 Å². The third-order valence-corrected chi connectivity index (χ3v) is 4.32. The Bertz CT molecular complexity index is 808. The number of fused-ring (bicyclic) bond motifs is 2. The number of benzene rings is 2. The first-order valence-electron chi connectivity index (χ1n) is 7.50. The minimum Gasteiger partial charge on any atom is -0.378 e. The van der Waals surface area contributed by atoms with E-state index in [0.29, 0.717) is 6.04 Å². The zero-order valence-electron chi connectivity index (χ0n) is 12.1. The summed E-state index contributed by atoms with van der Waals surface area (Å²) < 4.78 is 0. The summed E-state index contributed by atoms with van der Waals surface area (Å²) in [5.74, 6) is 0. The summed E-state index contributed by atoms with van der Waals surface area (Å²) >= 11 is 0. The van der Waals surface area contributed by atoms with Crippen molar-refractivity contribution < 1.29 is 0 Å². The van der Waals surface area contributed by atoms with Gasteiger partial charge in [0.1, 0.15) is 0 Å². The van der Waals surface area contributed by atoms with E-state index in [1.165, 1.54) is 40.6 Å². The molecular formula is C19H18N2. The molecule has 21 heavy (non-hydrogen) atoms. The summed E-state index contributed by atoms with van der Waals surface area (Å²) in [6.45, 7) is 2.16. The molecule has 0 saturated carbocycles. The van der Waals surface area contributed by atoms with Crippen molar-refractivity contribution in [2.24, 2.45) is 0 Å². The maximum absolute atomic E-state index is 4.37. The molecule has 1 aliphatic rings. The Morgan fingerprint density at radius 2 is 2.05 bits per heavy atom. The van der Waals surface area contributed by atoms with E-state index in [1.807, 2.05) is 12.3 Å². The Kier molecular flexibility index (Phi) is 2.88. The minimum atomic E-state index is 0.425. The Hall–Kier alpha value is -2.35. The van der Waals surface area contributed by atoms with Gasteiger partial charge in [-0.3, -0.25) is 4.98 Å². The molecule has 0 bridgehead atoms. The molecular weight excluding hydrogens is 256 g/mol. The molecule has 104 valence electrons. The Balaban J connectivity index is 1.66. The number of anilines is 1. The molecule has 1 heterocycles. The van der Waals surface area contributed by atoms with E-state index in [4.69, 9.17) is 0 Å². The van der Waals surface area contributed by atoms with E-state index in [9.17, 15) is 0 Å². The number of rotatable bonds is 2. The van der Waals surface area contributed by atoms with Gasteiger partial charge in [-0.25, -0.2) is 0 Å². The van der Waals surface area contributed by atoms with E-state index in [0.717, 1.165) is 5.52 Å². The highest BCUT2D eigenvalue weighted by Gasteiger charge is 2.22. The van der Waals surface area contributed by atoms with Gasteiger partial charge in [-0.1, -0.05) is 29.8 Å². The first kappa shape index (κ1) is 12.4. The third kappa shape index (κ3) is 2.27. The number of nitrogens with one attached hydrogen (secondary N) is 1. The largest absolute Gasteiger partial charge is 0.378 e. The smallest absolute Gasteiger partial charge is 0.0703 e. The maximum Gasteiger partial charge on any atom is 0.0703 e. The van der Waals surface area contributed by atoms with Crippen molar-refractivity contribution in [3.63, 3.8) is 0 Å². The van der Waals surface area contributed by atoms with Crippen LogP contribution in [0.25, 0.3) is 10.9 Å². The van der Waals surface area contributed by atoms with Crippen molar-refractivity contribution >= 4 is 16.6 Å². The lowest BCUT2D eigenvalue weighted by molar-refractivity contribution is 0.762. The van der Waals surface area contributed by atoms with E-state index in [2.05, 4.69) is 59.7 Å². The van der Waals surface area contributed by atoms with Gasteiger partial charge in [0.05, 0.1) is 11.6 Å². The predicted molar refractivity (Wildman–Crippen MR) is 87.6 cm³/mol. The zero-order valence-corrected chi connectivity index (χ0v) is 12.1. The molecule has 2 nitrogen and oxygen atoms in total. The normalized spacial score (nSPS) is 16.9. The van der Waals surface area contributed by atoms with Gasteiger partial charge in [-0.05, 0) is 55.2 Å². The maximum atomic E-state index is 4.37. The van der Waals surface area contributed by atoms with E-state index >= 15 is 0 Å². The fourth-order valence-corrected chi connectivity index (χ4v) is 3.24. The second-order valence-corrected chi connectivity index (χ2v) is 5.85. The average Bonchev–Trinajstić information content (AvgIpc) is 2.89. The Morgan fingerprint density at radius 3 is 3.00 bits per heavy atom. The second kappa shape index (κ2) is 4.88. The van der Waals surface area contributed by atoms with Crippen LogP contribution >= 0.6 is 0 Å². The number of hydrogen-bond donors (Lipinski definition) is 1. The Morgan fingerprint density at radius 1 is 1.10 bits per heavy atom. The van der Waals surface area contributed by atoms with Gasteiger partial charge in [-0.15, -0.1) is 0 Å². The number of aromatic nitrogens is 1. The summed E-state index contributed by atoms with van der Waals surface area (Å²) in [5, 5.41) is 4.87. The molecule has 1 aliphatic carbocycles. The lowest BCUT2D eigenvalue weighted by Crippen LogP contribution is -2.07. The third-order valence-electron chi connectivity index (χ3n) is 4.32. The summed E-state index contributed by atoms with van der Waals surface area (Å²) in [4.78, 5) is 4.37. The molecule has 1 aromatic heterocycles. The minimum absolute atomic E-state index is 0.425. The molecule has 0 saturated heterocycles. The van der Waals surface area contributed by atoms with Crippen LogP contribution < -0.4 is 5.32 Å². The van der Waals surface area contributed by atoms with Crippen LogP contribution in [0.2, 0.25) is 0 Å². The highest BCUT2D eigenvalue weighted by atomic mass is 14.9. The van der Waals surface area contributed by atoms with Crippen LogP contribution in [0, 0.1) is 6.92 Å². The number of pyridine rings is 1.